The Morgan fingerprint density at radius 1 is 1.25 bits per heavy atom. The van der Waals surface area contributed by atoms with Crippen LogP contribution in [0, 0.1) is 6.92 Å². The van der Waals surface area contributed by atoms with Gasteiger partial charge in [0.2, 0.25) is 5.13 Å². The zero-order valence-corrected chi connectivity index (χ0v) is 14.5. The first-order valence-corrected chi connectivity index (χ1v) is 8.77. The maximum atomic E-state index is 5.08. The molecule has 0 bridgehead atoms. The van der Waals surface area contributed by atoms with Gasteiger partial charge in [0, 0.05) is 37.6 Å². The van der Waals surface area contributed by atoms with E-state index < -0.39 is 0 Å². The molecule has 0 spiro atoms. The lowest BCUT2D eigenvalue weighted by molar-refractivity contribution is 0.179. The quantitative estimate of drug-likeness (QED) is 0.713. The number of anilines is 1. The second kappa shape index (κ2) is 6.40. The van der Waals surface area contributed by atoms with Crippen molar-refractivity contribution in [1.29, 1.82) is 0 Å². The highest BCUT2D eigenvalue weighted by Gasteiger charge is 2.26. The SMILES string of the molecule is COCc1nsc(N2CCC(c3nnc4ccc(C)nn34)CC2)n1. The van der Waals surface area contributed by atoms with Crippen LogP contribution < -0.4 is 4.90 Å². The first-order valence-electron chi connectivity index (χ1n) is 8.00. The van der Waals surface area contributed by atoms with Crippen LogP contribution in [0.15, 0.2) is 12.1 Å². The van der Waals surface area contributed by atoms with E-state index in [2.05, 4.69) is 29.6 Å². The predicted octanol–water partition coefficient (Wildman–Crippen LogP) is 1.81. The van der Waals surface area contributed by atoms with Gasteiger partial charge >= 0.3 is 0 Å². The number of hydrogen-bond acceptors (Lipinski definition) is 8. The minimum absolute atomic E-state index is 0.372. The second-order valence-corrected chi connectivity index (χ2v) is 6.72. The van der Waals surface area contributed by atoms with Gasteiger partial charge in [0.1, 0.15) is 6.61 Å². The minimum Gasteiger partial charge on any atom is -0.377 e. The Labute approximate surface area is 143 Å². The van der Waals surface area contributed by atoms with Crippen molar-refractivity contribution in [1.82, 2.24) is 29.2 Å². The number of aryl methyl sites for hydroxylation is 1. The van der Waals surface area contributed by atoms with Crippen molar-refractivity contribution in [3.8, 4) is 0 Å². The third-order valence-electron chi connectivity index (χ3n) is 4.28. The molecule has 0 saturated carbocycles. The minimum atomic E-state index is 0.372. The summed E-state index contributed by atoms with van der Waals surface area (Å²) in [5.41, 5.74) is 1.78. The number of hydrogen-bond donors (Lipinski definition) is 0. The molecule has 0 aliphatic carbocycles. The summed E-state index contributed by atoms with van der Waals surface area (Å²) in [6, 6.07) is 3.93. The molecule has 1 fully saturated rings. The lowest BCUT2D eigenvalue weighted by Crippen LogP contribution is -2.33. The molecule has 0 aromatic carbocycles. The third-order valence-corrected chi connectivity index (χ3v) is 5.10. The van der Waals surface area contributed by atoms with Crippen molar-refractivity contribution < 1.29 is 4.74 Å². The Morgan fingerprint density at radius 2 is 2.08 bits per heavy atom. The number of ether oxygens (including phenoxy) is 1. The fourth-order valence-corrected chi connectivity index (χ4v) is 3.77. The van der Waals surface area contributed by atoms with Crippen LogP contribution in [0.4, 0.5) is 5.13 Å². The monoisotopic (exact) mass is 345 g/mol. The van der Waals surface area contributed by atoms with E-state index in [-0.39, 0.29) is 0 Å². The van der Waals surface area contributed by atoms with E-state index in [1.165, 1.54) is 11.5 Å². The van der Waals surface area contributed by atoms with Crippen LogP contribution in [-0.4, -0.2) is 49.4 Å². The van der Waals surface area contributed by atoms with Crippen LogP contribution in [0.25, 0.3) is 5.65 Å². The van der Waals surface area contributed by atoms with Crippen molar-refractivity contribution in [2.75, 3.05) is 25.1 Å². The Hall–Kier alpha value is -2.13. The van der Waals surface area contributed by atoms with Crippen LogP contribution in [-0.2, 0) is 11.3 Å². The molecule has 3 aromatic rings. The smallest absolute Gasteiger partial charge is 0.205 e. The van der Waals surface area contributed by atoms with E-state index in [1.54, 1.807) is 7.11 Å². The van der Waals surface area contributed by atoms with Crippen LogP contribution in [0.5, 0.6) is 0 Å². The number of methoxy groups -OCH3 is 1. The van der Waals surface area contributed by atoms with Gasteiger partial charge in [0.25, 0.3) is 0 Å². The summed E-state index contributed by atoms with van der Waals surface area (Å²) in [4.78, 5) is 6.82. The van der Waals surface area contributed by atoms with Gasteiger partial charge in [-0.2, -0.15) is 14.0 Å². The summed E-state index contributed by atoms with van der Waals surface area (Å²) in [6.07, 6.45) is 2.02. The molecule has 1 aliphatic heterocycles. The van der Waals surface area contributed by atoms with Crippen LogP contribution in [0.3, 0.4) is 0 Å². The molecule has 1 saturated heterocycles. The molecule has 0 radical (unpaired) electrons. The summed E-state index contributed by atoms with van der Waals surface area (Å²) in [6.45, 7) is 4.32. The average Bonchev–Trinajstić information content (AvgIpc) is 3.22. The van der Waals surface area contributed by atoms with Crippen LogP contribution in [0.2, 0.25) is 0 Å². The Balaban J connectivity index is 1.48. The Kier molecular flexibility index (Phi) is 4.11. The normalized spacial score (nSPS) is 16.2. The molecular formula is C15H19N7OS. The molecule has 24 heavy (non-hydrogen) atoms. The molecule has 4 heterocycles. The summed E-state index contributed by atoms with van der Waals surface area (Å²) in [7, 11) is 1.66. The molecule has 0 amide bonds. The number of aromatic nitrogens is 6. The zero-order valence-electron chi connectivity index (χ0n) is 13.7. The Morgan fingerprint density at radius 3 is 2.88 bits per heavy atom. The molecule has 0 unspecified atom stereocenters. The number of nitrogens with zero attached hydrogens (tertiary/aromatic N) is 7. The van der Waals surface area contributed by atoms with Gasteiger partial charge in [-0.3, -0.25) is 0 Å². The number of fused-ring (bicyclic) bond motifs is 1. The zero-order chi connectivity index (χ0) is 16.5. The third kappa shape index (κ3) is 2.84. The standard InChI is InChI=1S/C15H19N7OS/c1-10-3-4-13-17-18-14(22(13)19-10)11-5-7-21(8-6-11)15-16-12(9-23-2)20-24-15/h3-4,11H,5-9H2,1-2H3. The number of rotatable bonds is 4. The molecule has 0 atom stereocenters. The molecule has 1 aliphatic rings. The van der Waals surface area contributed by atoms with Crippen molar-refractivity contribution in [2.24, 2.45) is 0 Å². The van der Waals surface area contributed by atoms with E-state index >= 15 is 0 Å². The molecule has 3 aromatic heterocycles. The first kappa shape index (κ1) is 15.4. The Bertz CT molecular complexity index is 837. The van der Waals surface area contributed by atoms with Crippen LogP contribution in [0.1, 0.15) is 36.1 Å². The van der Waals surface area contributed by atoms with Gasteiger partial charge in [-0.25, -0.2) is 4.98 Å². The van der Waals surface area contributed by atoms with Crippen molar-refractivity contribution in [3.63, 3.8) is 0 Å². The second-order valence-electron chi connectivity index (χ2n) is 5.99. The summed E-state index contributed by atoms with van der Waals surface area (Å²) >= 11 is 1.44. The van der Waals surface area contributed by atoms with E-state index in [9.17, 15) is 0 Å². The average molecular weight is 345 g/mol. The van der Waals surface area contributed by atoms with E-state index in [0.29, 0.717) is 12.5 Å². The van der Waals surface area contributed by atoms with Gasteiger partial charge in [0.15, 0.2) is 17.3 Å². The molecule has 0 N–H and O–H groups in total. The molecular weight excluding hydrogens is 326 g/mol. The number of piperidine rings is 1. The highest BCUT2D eigenvalue weighted by molar-refractivity contribution is 7.09. The van der Waals surface area contributed by atoms with Crippen molar-refractivity contribution in [2.45, 2.75) is 32.3 Å². The summed E-state index contributed by atoms with van der Waals surface area (Å²) in [5.74, 6) is 2.09. The predicted molar refractivity (Wildman–Crippen MR) is 90.3 cm³/mol. The molecule has 9 heteroatoms. The van der Waals surface area contributed by atoms with Gasteiger partial charge < -0.3 is 9.64 Å². The topological polar surface area (TPSA) is 81.3 Å². The molecule has 8 nitrogen and oxygen atoms in total. The summed E-state index contributed by atoms with van der Waals surface area (Å²) in [5, 5.41) is 14.1. The van der Waals surface area contributed by atoms with Crippen molar-refractivity contribution >= 4 is 22.3 Å². The van der Waals surface area contributed by atoms with Gasteiger partial charge in [-0.15, -0.1) is 10.2 Å². The maximum Gasteiger partial charge on any atom is 0.205 e. The van der Waals surface area contributed by atoms with E-state index in [1.807, 2.05) is 23.6 Å². The molecule has 126 valence electrons. The summed E-state index contributed by atoms with van der Waals surface area (Å²) < 4.78 is 11.3. The van der Waals surface area contributed by atoms with Crippen LogP contribution >= 0.6 is 11.5 Å². The van der Waals surface area contributed by atoms with E-state index in [0.717, 1.165) is 54.1 Å². The van der Waals surface area contributed by atoms with E-state index in [4.69, 9.17) is 4.74 Å². The first-order chi connectivity index (χ1) is 11.7. The largest absolute Gasteiger partial charge is 0.377 e. The highest BCUT2D eigenvalue weighted by atomic mass is 32.1. The highest BCUT2D eigenvalue weighted by Crippen LogP contribution is 2.30. The fourth-order valence-electron chi connectivity index (χ4n) is 3.04. The molecule has 4 rings (SSSR count). The maximum absolute atomic E-state index is 5.08. The van der Waals surface area contributed by atoms with Gasteiger partial charge in [-0.05, 0) is 31.9 Å². The van der Waals surface area contributed by atoms with Gasteiger partial charge in [-0.1, -0.05) is 0 Å². The van der Waals surface area contributed by atoms with Gasteiger partial charge in [0.05, 0.1) is 5.69 Å². The fraction of sp³-hybridized carbons (Fsp3) is 0.533. The lowest BCUT2D eigenvalue weighted by atomic mass is 9.96. The lowest BCUT2D eigenvalue weighted by Gasteiger charge is -2.30. The van der Waals surface area contributed by atoms with Crippen molar-refractivity contribution in [3.05, 3.63) is 29.5 Å².